The van der Waals surface area contributed by atoms with Gasteiger partial charge in [-0.1, -0.05) is 49.4 Å². The summed E-state index contributed by atoms with van der Waals surface area (Å²) < 4.78 is 57.7. The number of nitrogens with one attached hydrogen (secondary N) is 1. The Kier molecular flexibility index (Phi) is 13.8. The van der Waals surface area contributed by atoms with Gasteiger partial charge in [0.15, 0.2) is 11.5 Å². The maximum atomic E-state index is 14.9. The van der Waals surface area contributed by atoms with Crippen molar-refractivity contribution in [3.05, 3.63) is 102 Å². The molecular weight excluding hydrogens is 687 g/mol. The molecule has 52 heavy (non-hydrogen) atoms. The molecule has 12 nitrogen and oxygen atoms in total. The molecule has 0 aliphatic rings. The molecule has 4 rings (SSSR count). The molecule has 0 aliphatic heterocycles. The molecule has 0 spiro atoms. The van der Waals surface area contributed by atoms with Gasteiger partial charge in [0.2, 0.25) is 11.8 Å². The average molecular weight is 734 g/mol. The Balaban J connectivity index is 1.91. The number of anilines is 1. The zero-order valence-corrected chi connectivity index (χ0v) is 31.4. The van der Waals surface area contributed by atoms with Gasteiger partial charge in [0.1, 0.15) is 29.8 Å². The van der Waals surface area contributed by atoms with E-state index in [-0.39, 0.29) is 47.0 Å². The number of hydrogen-bond acceptors (Lipinski definition) is 9. The lowest BCUT2D eigenvalue weighted by atomic mass is 10.0. The molecule has 0 aliphatic carbocycles. The number of benzene rings is 4. The van der Waals surface area contributed by atoms with Crippen LogP contribution in [-0.2, 0) is 32.6 Å². The second-order valence-electron chi connectivity index (χ2n) is 12.0. The first kappa shape index (κ1) is 39.4. The summed E-state index contributed by atoms with van der Waals surface area (Å²) in [5, 5.41) is 3.04. The van der Waals surface area contributed by atoms with E-state index in [0.29, 0.717) is 29.2 Å². The Labute approximate surface area is 306 Å². The standard InChI is InChI=1S/C39H47N3O9S/c1-8-27(2)40-39(44)34(22-28-13-10-9-11-14-28)41(25-29-15-12-16-30(21-29)47-3)38(43)26-42(33-23-31(48-4)17-19-35(33)49-5)52(45,46)32-18-20-36(50-6)37(24-32)51-7/h9-21,23-24,27,34H,8,22,25-26H2,1-7H3,(H,40,44). The normalized spacial score (nSPS) is 12.2. The SMILES string of the molecule is CCC(C)NC(=O)C(Cc1ccccc1)N(Cc1cccc(OC)c1)C(=O)CN(c1cc(OC)ccc1OC)S(=O)(=O)c1ccc(OC)c(OC)c1. The van der Waals surface area contributed by atoms with Gasteiger partial charge in [0.05, 0.1) is 46.1 Å². The van der Waals surface area contributed by atoms with Crippen LogP contribution in [-0.4, -0.2) is 79.3 Å². The van der Waals surface area contributed by atoms with Crippen LogP contribution in [0.5, 0.6) is 28.7 Å². The van der Waals surface area contributed by atoms with E-state index in [1.807, 2.05) is 50.2 Å². The summed E-state index contributed by atoms with van der Waals surface area (Å²) in [6, 6.07) is 24.1. The van der Waals surface area contributed by atoms with Crippen LogP contribution in [0.15, 0.2) is 95.9 Å². The van der Waals surface area contributed by atoms with E-state index in [9.17, 15) is 18.0 Å². The third-order valence-corrected chi connectivity index (χ3v) is 10.4. The lowest BCUT2D eigenvalue weighted by Crippen LogP contribution is -2.54. The highest BCUT2D eigenvalue weighted by Crippen LogP contribution is 2.38. The van der Waals surface area contributed by atoms with Gasteiger partial charge in [-0.05, 0) is 60.9 Å². The van der Waals surface area contributed by atoms with Crippen LogP contribution in [0.1, 0.15) is 31.4 Å². The van der Waals surface area contributed by atoms with Crippen molar-refractivity contribution in [1.82, 2.24) is 10.2 Å². The molecule has 4 aromatic rings. The summed E-state index contributed by atoms with van der Waals surface area (Å²) in [5.41, 5.74) is 1.55. The second-order valence-corrected chi connectivity index (χ2v) is 13.8. The van der Waals surface area contributed by atoms with Gasteiger partial charge in [-0.25, -0.2) is 8.42 Å². The van der Waals surface area contributed by atoms with Gasteiger partial charge in [0.25, 0.3) is 10.0 Å². The molecule has 1 N–H and O–H groups in total. The van der Waals surface area contributed by atoms with Crippen molar-refractivity contribution < 1.29 is 41.7 Å². The largest absolute Gasteiger partial charge is 0.497 e. The van der Waals surface area contributed by atoms with Crippen molar-refractivity contribution in [2.45, 2.75) is 50.2 Å². The predicted octanol–water partition coefficient (Wildman–Crippen LogP) is 5.48. The Morgan fingerprint density at radius 3 is 1.98 bits per heavy atom. The fraction of sp³-hybridized carbons (Fsp3) is 0.333. The van der Waals surface area contributed by atoms with E-state index < -0.39 is 28.5 Å². The van der Waals surface area contributed by atoms with Gasteiger partial charge >= 0.3 is 0 Å². The third-order valence-electron chi connectivity index (χ3n) is 8.64. The Bertz CT molecular complexity index is 1920. The first-order valence-corrected chi connectivity index (χ1v) is 18.2. The van der Waals surface area contributed by atoms with Crippen LogP contribution in [0.4, 0.5) is 5.69 Å². The predicted molar refractivity (Wildman–Crippen MR) is 199 cm³/mol. The quantitative estimate of drug-likeness (QED) is 0.141. The maximum Gasteiger partial charge on any atom is 0.265 e. The van der Waals surface area contributed by atoms with E-state index in [4.69, 9.17) is 23.7 Å². The van der Waals surface area contributed by atoms with Gasteiger partial charge in [-0.2, -0.15) is 0 Å². The van der Waals surface area contributed by atoms with E-state index in [1.165, 1.54) is 64.7 Å². The van der Waals surface area contributed by atoms with Crippen LogP contribution < -0.4 is 33.3 Å². The molecule has 0 heterocycles. The van der Waals surface area contributed by atoms with E-state index in [1.54, 1.807) is 30.3 Å². The lowest BCUT2D eigenvalue weighted by molar-refractivity contribution is -0.140. The number of methoxy groups -OCH3 is 5. The van der Waals surface area contributed by atoms with Gasteiger partial charge in [-0.15, -0.1) is 0 Å². The summed E-state index contributed by atoms with van der Waals surface area (Å²) in [4.78, 5) is 30.3. The minimum absolute atomic E-state index is 0.0268. The molecule has 0 saturated heterocycles. The van der Waals surface area contributed by atoms with Crippen LogP contribution in [0, 0.1) is 0 Å². The number of ether oxygens (including phenoxy) is 5. The Morgan fingerprint density at radius 2 is 1.35 bits per heavy atom. The molecule has 2 atom stereocenters. The number of hydrogen-bond donors (Lipinski definition) is 1. The maximum absolute atomic E-state index is 14.9. The molecule has 2 amide bonds. The zero-order valence-electron chi connectivity index (χ0n) is 30.6. The molecule has 13 heteroatoms. The van der Waals surface area contributed by atoms with Gasteiger partial charge in [0, 0.05) is 31.1 Å². The number of nitrogens with zero attached hydrogens (tertiary/aromatic N) is 2. The molecule has 0 bridgehead atoms. The van der Waals surface area contributed by atoms with E-state index >= 15 is 0 Å². The molecular formula is C39H47N3O9S. The molecule has 0 fully saturated rings. The number of sulfonamides is 1. The highest BCUT2D eigenvalue weighted by molar-refractivity contribution is 7.92. The Morgan fingerprint density at radius 1 is 0.712 bits per heavy atom. The summed E-state index contributed by atoms with van der Waals surface area (Å²) >= 11 is 0. The summed E-state index contributed by atoms with van der Waals surface area (Å²) in [6.45, 7) is 3.11. The number of carbonyl (C=O) groups is 2. The zero-order chi connectivity index (χ0) is 37.8. The topological polar surface area (TPSA) is 133 Å². The van der Waals surface area contributed by atoms with Crippen LogP contribution in [0.25, 0.3) is 0 Å². The molecule has 2 unspecified atom stereocenters. The fourth-order valence-electron chi connectivity index (χ4n) is 5.57. The monoisotopic (exact) mass is 733 g/mol. The van der Waals surface area contributed by atoms with Crippen molar-refractivity contribution in [2.24, 2.45) is 0 Å². The van der Waals surface area contributed by atoms with Crippen molar-refractivity contribution in [3.8, 4) is 28.7 Å². The highest BCUT2D eigenvalue weighted by Gasteiger charge is 2.36. The minimum Gasteiger partial charge on any atom is -0.497 e. The third kappa shape index (κ3) is 9.46. The molecule has 278 valence electrons. The van der Waals surface area contributed by atoms with Crippen LogP contribution in [0.3, 0.4) is 0 Å². The van der Waals surface area contributed by atoms with Crippen LogP contribution >= 0.6 is 0 Å². The second kappa shape index (κ2) is 18.2. The average Bonchev–Trinajstić information content (AvgIpc) is 3.17. The number of amides is 2. The molecule has 0 saturated carbocycles. The van der Waals surface area contributed by atoms with Crippen molar-refractivity contribution in [2.75, 3.05) is 46.4 Å². The van der Waals surface area contributed by atoms with E-state index in [0.717, 1.165) is 9.87 Å². The van der Waals surface area contributed by atoms with Gasteiger partial charge < -0.3 is 33.9 Å². The number of carbonyl (C=O) groups excluding carboxylic acids is 2. The Hall–Kier alpha value is -5.43. The van der Waals surface area contributed by atoms with Crippen molar-refractivity contribution >= 4 is 27.5 Å². The van der Waals surface area contributed by atoms with Crippen molar-refractivity contribution in [3.63, 3.8) is 0 Å². The van der Waals surface area contributed by atoms with Crippen LogP contribution in [0.2, 0.25) is 0 Å². The fourth-order valence-corrected chi connectivity index (χ4v) is 7.00. The molecule has 0 aromatic heterocycles. The molecule has 0 radical (unpaired) electrons. The first-order valence-electron chi connectivity index (χ1n) is 16.7. The minimum atomic E-state index is -4.51. The lowest BCUT2D eigenvalue weighted by Gasteiger charge is -2.34. The van der Waals surface area contributed by atoms with Gasteiger partial charge in [-0.3, -0.25) is 13.9 Å². The highest BCUT2D eigenvalue weighted by atomic mass is 32.2. The smallest absolute Gasteiger partial charge is 0.265 e. The first-order chi connectivity index (χ1) is 25.0. The summed E-state index contributed by atoms with van der Waals surface area (Å²) in [6.07, 6.45) is 0.838. The number of rotatable bonds is 18. The van der Waals surface area contributed by atoms with Crippen molar-refractivity contribution in [1.29, 1.82) is 0 Å². The van der Waals surface area contributed by atoms with E-state index in [2.05, 4.69) is 5.32 Å². The molecule has 4 aromatic carbocycles. The summed E-state index contributed by atoms with van der Waals surface area (Å²) in [7, 11) is 2.71. The summed E-state index contributed by atoms with van der Waals surface area (Å²) in [5.74, 6) is 0.554.